The van der Waals surface area contributed by atoms with Crippen LogP contribution in [0.15, 0.2) is 55.1 Å². The fourth-order valence-corrected chi connectivity index (χ4v) is 2.39. The predicted molar refractivity (Wildman–Crippen MR) is 84.9 cm³/mol. The number of carboxylic acids is 1. The van der Waals surface area contributed by atoms with Gasteiger partial charge in [-0.3, -0.25) is 0 Å². The number of rotatable bonds is 4. The lowest BCUT2D eigenvalue weighted by Gasteiger charge is -2.12. The minimum Gasteiger partial charge on any atom is -0.478 e. The first-order valence-electron chi connectivity index (χ1n) is 6.61. The van der Waals surface area contributed by atoms with Crippen LogP contribution in [0.1, 0.15) is 10.4 Å². The van der Waals surface area contributed by atoms with E-state index < -0.39 is 5.97 Å². The Bertz CT molecular complexity index is 856. The minimum absolute atomic E-state index is 0.251. The summed E-state index contributed by atoms with van der Waals surface area (Å²) in [6.07, 6.45) is 1.77. The van der Waals surface area contributed by atoms with Crippen molar-refractivity contribution in [2.75, 3.05) is 11.9 Å². The van der Waals surface area contributed by atoms with Gasteiger partial charge in [-0.25, -0.2) is 9.78 Å². The van der Waals surface area contributed by atoms with Crippen molar-refractivity contribution in [1.82, 2.24) is 4.98 Å². The predicted octanol–water partition coefficient (Wildman–Crippen LogP) is 3.68. The van der Waals surface area contributed by atoms with Crippen LogP contribution in [0.4, 0.5) is 5.69 Å². The molecule has 4 nitrogen and oxygen atoms in total. The third-order valence-corrected chi connectivity index (χ3v) is 3.35. The summed E-state index contributed by atoms with van der Waals surface area (Å²) < 4.78 is 0. The highest BCUT2D eigenvalue weighted by Gasteiger charge is 2.11. The van der Waals surface area contributed by atoms with Gasteiger partial charge in [0.05, 0.1) is 22.3 Å². The molecular weight excluding hydrogens is 264 g/mol. The molecule has 1 heterocycles. The fourth-order valence-electron chi connectivity index (χ4n) is 2.39. The van der Waals surface area contributed by atoms with Crippen molar-refractivity contribution in [3.8, 4) is 0 Å². The highest BCUT2D eigenvalue weighted by molar-refractivity contribution is 6.09. The van der Waals surface area contributed by atoms with Crippen LogP contribution in [0, 0.1) is 0 Å². The minimum atomic E-state index is -0.945. The van der Waals surface area contributed by atoms with Crippen LogP contribution in [0.25, 0.3) is 21.8 Å². The average molecular weight is 278 g/mol. The van der Waals surface area contributed by atoms with Crippen molar-refractivity contribution in [3.63, 3.8) is 0 Å². The molecule has 0 saturated carbocycles. The van der Waals surface area contributed by atoms with E-state index in [1.807, 2.05) is 24.3 Å². The maximum atomic E-state index is 11.2. The zero-order valence-electron chi connectivity index (χ0n) is 11.3. The van der Waals surface area contributed by atoms with E-state index >= 15 is 0 Å². The molecule has 2 aromatic carbocycles. The number of nitrogens with zero attached hydrogens (tertiary/aromatic N) is 1. The zero-order chi connectivity index (χ0) is 14.8. The standard InChI is InChI=1S/C17H14N2O2/c1-2-9-18-16-12-5-3-4-6-14(12)19-15-8-7-11(17(20)21)10-13(15)16/h2-8,10H,1,9H2,(H,18,19)(H,20,21). The second-order valence-corrected chi connectivity index (χ2v) is 4.71. The summed E-state index contributed by atoms with van der Waals surface area (Å²) in [6, 6.07) is 12.8. The molecule has 1 aromatic heterocycles. The van der Waals surface area contributed by atoms with Crippen LogP contribution in [-0.2, 0) is 0 Å². The van der Waals surface area contributed by atoms with Gasteiger partial charge in [0.1, 0.15) is 0 Å². The quantitative estimate of drug-likeness (QED) is 0.564. The second kappa shape index (κ2) is 5.25. The molecule has 0 spiro atoms. The fraction of sp³-hybridized carbons (Fsp3) is 0.0588. The Labute approximate surface area is 121 Å². The molecule has 0 radical (unpaired) electrons. The van der Waals surface area contributed by atoms with E-state index in [2.05, 4.69) is 16.9 Å². The van der Waals surface area contributed by atoms with Crippen molar-refractivity contribution in [2.45, 2.75) is 0 Å². The Morgan fingerprint density at radius 3 is 2.71 bits per heavy atom. The van der Waals surface area contributed by atoms with Crippen LogP contribution < -0.4 is 5.32 Å². The number of fused-ring (bicyclic) bond motifs is 2. The number of pyridine rings is 1. The lowest BCUT2D eigenvalue weighted by Crippen LogP contribution is -2.02. The van der Waals surface area contributed by atoms with E-state index in [4.69, 9.17) is 5.11 Å². The zero-order valence-corrected chi connectivity index (χ0v) is 11.3. The number of nitrogens with one attached hydrogen (secondary N) is 1. The number of carboxylic acid groups (broad SMARTS) is 1. The van der Waals surface area contributed by atoms with E-state index in [9.17, 15) is 4.79 Å². The monoisotopic (exact) mass is 278 g/mol. The van der Waals surface area contributed by atoms with Crippen LogP contribution in [0.3, 0.4) is 0 Å². The van der Waals surface area contributed by atoms with Gasteiger partial charge in [0.2, 0.25) is 0 Å². The number of para-hydroxylation sites is 1. The van der Waals surface area contributed by atoms with Gasteiger partial charge in [0.15, 0.2) is 0 Å². The SMILES string of the molecule is C=CCNc1c2ccccc2nc2ccc(C(=O)O)cc12. The van der Waals surface area contributed by atoms with E-state index in [-0.39, 0.29) is 5.56 Å². The number of benzene rings is 2. The summed E-state index contributed by atoms with van der Waals surface area (Å²) >= 11 is 0. The smallest absolute Gasteiger partial charge is 0.335 e. The number of hydrogen-bond acceptors (Lipinski definition) is 3. The number of aromatic nitrogens is 1. The molecule has 0 amide bonds. The Kier molecular flexibility index (Phi) is 3.28. The second-order valence-electron chi connectivity index (χ2n) is 4.71. The van der Waals surface area contributed by atoms with Crippen molar-refractivity contribution in [3.05, 3.63) is 60.7 Å². The number of carbonyl (C=O) groups is 1. The molecule has 0 bridgehead atoms. The first-order chi connectivity index (χ1) is 10.2. The summed E-state index contributed by atoms with van der Waals surface area (Å²) in [5, 5.41) is 14.2. The molecule has 3 aromatic rings. The summed E-state index contributed by atoms with van der Waals surface area (Å²) in [5.41, 5.74) is 2.78. The maximum Gasteiger partial charge on any atom is 0.335 e. The molecule has 0 fully saturated rings. The van der Waals surface area contributed by atoms with Gasteiger partial charge in [0, 0.05) is 17.3 Å². The molecule has 0 aliphatic rings. The number of aromatic carboxylic acids is 1. The van der Waals surface area contributed by atoms with Crippen molar-refractivity contribution in [1.29, 1.82) is 0 Å². The van der Waals surface area contributed by atoms with E-state index in [0.29, 0.717) is 6.54 Å². The average Bonchev–Trinajstić information content (AvgIpc) is 2.50. The molecule has 2 N–H and O–H groups in total. The molecule has 3 rings (SSSR count). The van der Waals surface area contributed by atoms with Gasteiger partial charge in [-0.15, -0.1) is 6.58 Å². The van der Waals surface area contributed by atoms with Crippen LogP contribution in [-0.4, -0.2) is 22.6 Å². The van der Waals surface area contributed by atoms with Gasteiger partial charge in [-0.2, -0.15) is 0 Å². The highest BCUT2D eigenvalue weighted by Crippen LogP contribution is 2.31. The molecular formula is C17H14N2O2. The summed E-state index contributed by atoms with van der Waals surface area (Å²) in [7, 11) is 0. The Morgan fingerprint density at radius 2 is 1.95 bits per heavy atom. The summed E-state index contributed by atoms with van der Waals surface area (Å²) in [4.78, 5) is 15.8. The molecule has 0 aliphatic carbocycles. The van der Waals surface area contributed by atoms with E-state index in [1.54, 1.807) is 24.3 Å². The number of hydrogen-bond donors (Lipinski definition) is 2. The van der Waals surface area contributed by atoms with Crippen LogP contribution in [0.2, 0.25) is 0 Å². The largest absolute Gasteiger partial charge is 0.478 e. The lowest BCUT2D eigenvalue weighted by molar-refractivity contribution is 0.0697. The van der Waals surface area contributed by atoms with Gasteiger partial charge in [-0.1, -0.05) is 24.3 Å². The van der Waals surface area contributed by atoms with E-state index in [0.717, 1.165) is 27.5 Å². The molecule has 0 unspecified atom stereocenters. The Balaban J connectivity index is 2.36. The highest BCUT2D eigenvalue weighted by atomic mass is 16.4. The van der Waals surface area contributed by atoms with Gasteiger partial charge >= 0.3 is 5.97 Å². The normalized spacial score (nSPS) is 10.7. The Hall–Kier alpha value is -2.88. The topological polar surface area (TPSA) is 62.2 Å². The van der Waals surface area contributed by atoms with Gasteiger partial charge in [-0.05, 0) is 24.3 Å². The van der Waals surface area contributed by atoms with Gasteiger partial charge < -0.3 is 10.4 Å². The third kappa shape index (κ3) is 2.31. The van der Waals surface area contributed by atoms with Gasteiger partial charge in [0.25, 0.3) is 0 Å². The molecule has 21 heavy (non-hydrogen) atoms. The Morgan fingerprint density at radius 1 is 1.19 bits per heavy atom. The van der Waals surface area contributed by atoms with Crippen molar-refractivity contribution >= 4 is 33.5 Å². The van der Waals surface area contributed by atoms with E-state index in [1.165, 1.54) is 0 Å². The number of anilines is 1. The first kappa shape index (κ1) is 13.1. The molecule has 0 saturated heterocycles. The first-order valence-corrected chi connectivity index (χ1v) is 6.61. The third-order valence-electron chi connectivity index (χ3n) is 3.35. The maximum absolute atomic E-state index is 11.2. The molecule has 4 heteroatoms. The summed E-state index contributed by atoms with van der Waals surface area (Å²) in [6.45, 7) is 4.31. The molecule has 0 aliphatic heterocycles. The molecule has 104 valence electrons. The molecule has 0 atom stereocenters. The summed E-state index contributed by atoms with van der Waals surface area (Å²) in [5.74, 6) is -0.945. The van der Waals surface area contributed by atoms with Crippen molar-refractivity contribution < 1.29 is 9.90 Å². The lowest BCUT2D eigenvalue weighted by atomic mass is 10.1. The van der Waals surface area contributed by atoms with Crippen LogP contribution >= 0.6 is 0 Å². The van der Waals surface area contributed by atoms with Crippen molar-refractivity contribution in [2.24, 2.45) is 0 Å². The van der Waals surface area contributed by atoms with Crippen LogP contribution in [0.5, 0.6) is 0 Å².